The van der Waals surface area contributed by atoms with Crippen LogP contribution in [-0.2, 0) is 9.53 Å². The van der Waals surface area contributed by atoms with Gasteiger partial charge in [-0.05, 0) is 24.6 Å². The lowest BCUT2D eigenvalue weighted by Crippen LogP contribution is -2.41. The fourth-order valence-corrected chi connectivity index (χ4v) is 4.12. The molecule has 2 aliphatic heterocycles. The fraction of sp³-hybridized carbons (Fsp3) is 0.391. The Morgan fingerprint density at radius 1 is 1.07 bits per heavy atom. The molecule has 2 atom stereocenters. The van der Waals surface area contributed by atoms with E-state index in [-0.39, 0.29) is 24.0 Å². The van der Waals surface area contributed by atoms with Crippen molar-refractivity contribution in [1.82, 2.24) is 10.2 Å². The minimum absolute atomic E-state index is 0.0180. The van der Waals surface area contributed by atoms with E-state index in [0.717, 1.165) is 30.0 Å². The molecule has 0 bridgehead atoms. The number of anilines is 2. The predicted octanol–water partition coefficient (Wildman–Crippen LogP) is 3.01. The van der Waals surface area contributed by atoms with Gasteiger partial charge in [0.2, 0.25) is 5.91 Å². The summed E-state index contributed by atoms with van der Waals surface area (Å²) in [7, 11) is 0. The molecule has 158 valence electrons. The van der Waals surface area contributed by atoms with Crippen LogP contribution in [0.2, 0.25) is 0 Å². The number of hydrogen-bond donors (Lipinski definition) is 2. The number of urea groups is 1. The summed E-state index contributed by atoms with van der Waals surface area (Å²) in [6, 6.07) is 17.2. The maximum Gasteiger partial charge on any atom is 0.319 e. The van der Waals surface area contributed by atoms with E-state index in [1.165, 1.54) is 0 Å². The first-order valence-corrected chi connectivity index (χ1v) is 10.5. The first-order valence-electron chi connectivity index (χ1n) is 10.5. The Labute approximate surface area is 177 Å². The van der Waals surface area contributed by atoms with Crippen LogP contribution in [-0.4, -0.2) is 55.7 Å². The lowest BCUT2D eigenvalue weighted by Gasteiger charge is -2.30. The molecular weight excluding hydrogens is 380 g/mol. The number of carbonyl (C=O) groups excluding carboxylic acids is 2. The molecule has 2 fully saturated rings. The normalized spacial score (nSPS) is 20.2. The molecular formula is C23H28N4O3. The summed E-state index contributed by atoms with van der Waals surface area (Å²) >= 11 is 0. The molecule has 30 heavy (non-hydrogen) atoms. The summed E-state index contributed by atoms with van der Waals surface area (Å²) in [5.41, 5.74) is 2.84. The molecule has 7 heteroatoms. The highest BCUT2D eigenvalue weighted by Crippen LogP contribution is 2.27. The second-order valence-electron chi connectivity index (χ2n) is 7.75. The van der Waals surface area contributed by atoms with Gasteiger partial charge in [-0.25, -0.2) is 4.79 Å². The minimum Gasteiger partial charge on any atom is -0.378 e. The molecule has 0 spiro atoms. The fourth-order valence-electron chi connectivity index (χ4n) is 4.12. The Bertz CT molecular complexity index is 883. The lowest BCUT2D eigenvalue weighted by atomic mass is 10.1. The first kappa shape index (κ1) is 20.2. The topological polar surface area (TPSA) is 73.9 Å². The number of morpholine rings is 1. The highest BCUT2D eigenvalue weighted by Gasteiger charge is 2.34. The van der Waals surface area contributed by atoms with Crippen LogP contribution in [0.4, 0.5) is 16.2 Å². The second-order valence-corrected chi connectivity index (χ2v) is 7.75. The highest BCUT2D eigenvalue weighted by molar-refractivity contribution is 5.94. The van der Waals surface area contributed by atoms with Gasteiger partial charge < -0.3 is 25.2 Å². The summed E-state index contributed by atoms with van der Waals surface area (Å²) in [6.07, 6.45) is 0.315. The Kier molecular flexibility index (Phi) is 6.18. The third kappa shape index (κ3) is 4.57. The molecule has 2 heterocycles. The molecule has 2 aromatic carbocycles. The monoisotopic (exact) mass is 408 g/mol. The summed E-state index contributed by atoms with van der Waals surface area (Å²) in [5.74, 6) is 0.0605. The van der Waals surface area contributed by atoms with Crippen molar-refractivity contribution in [3.8, 4) is 0 Å². The van der Waals surface area contributed by atoms with Crippen LogP contribution >= 0.6 is 0 Å². The highest BCUT2D eigenvalue weighted by atomic mass is 16.5. The Morgan fingerprint density at radius 3 is 2.53 bits per heavy atom. The van der Waals surface area contributed by atoms with Crippen molar-refractivity contribution in [2.75, 3.05) is 43.1 Å². The van der Waals surface area contributed by atoms with Crippen molar-refractivity contribution in [1.29, 1.82) is 0 Å². The first-order chi connectivity index (χ1) is 14.6. The smallest absolute Gasteiger partial charge is 0.319 e. The van der Waals surface area contributed by atoms with Crippen LogP contribution in [0, 0.1) is 0 Å². The quantitative estimate of drug-likeness (QED) is 0.798. The number of nitrogens with zero attached hydrogens (tertiary/aromatic N) is 2. The number of nitrogens with one attached hydrogen (secondary N) is 2. The van der Waals surface area contributed by atoms with Crippen molar-refractivity contribution < 1.29 is 14.3 Å². The molecule has 2 saturated heterocycles. The van der Waals surface area contributed by atoms with Crippen molar-refractivity contribution in [2.45, 2.75) is 25.4 Å². The van der Waals surface area contributed by atoms with E-state index in [1.807, 2.05) is 66.4 Å². The van der Waals surface area contributed by atoms with Gasteiger partial charge in [-0.2, -0.15) is 0 Å². The van der Waals surface area contributed by atoms with E-state index < -0.39 is 0 Å². The average molecular weight is 409 g/mol. The van der Waals surface area contributed by atoms with Crippen LogP contribution in [0.3, 0.4) is 0 Å². The zero-order chi connectivity index (χ0) is 20.9. The van der Waals surface area contributed by atoms with Gasteiger partial charge in [0.05, 0.1) is 36.7 Å². The second kappa shape index (κ2) is 9.17. The van der Waals surface area contributed by atoms with E-state index in [4.69, 9.17) is 4.74 Å². The maximum absolute atomic E-state index is 12.7. The molecule has 7 nitrogen and oxygen atoms in total. The lowest BCUT2D eigenvalue weighted by molar-refractivity contribution is -0.129. The molecule has 3 amide bonds. The molecule has 2 unspecified atom stereocenters. The molecule has 2 N–H and O–H groups in total. The number of carbonyl (C=O) groups is 2. The zero-order valence-electron chi connectivity index (χ0n) is 17.2. The van der Waals surface area contributed by atoms with Crippen molar-refractivity contribution in [3.63, 3.8) is 0 Å². The third-order valence-corrected chi connectivity index (χ3v) is 5.75. The molecule has 0 radical (unpaired) electrons. The Hall–Kier alpha value is -3.06. The number of amides is 3. The minimum atomic E-state index is -0.289. The van der Waals surface area contributed by atoms with Crippen LogP contribution in [0.25, 0.3) is 0 Å². The molecule has 2 aromatic rings. The van der Waals surface area contributed by atoms with Crippen LogP contribution < -0.4 is 15.5 Å². The number of benzene rings is 2. The van der Waals surface area contributed by atoms with Gasteiger partial charge in [0.1, 0.15) is 0 Å². The standard InChI is InChI=1S/C23H28N4O3/c1-17(18-7-3-2-4-8-18)27-16-19(15-22(27)28)24-23(29)25-20-9-5-6-10-21(20)26-11-13-30-14-12-26/h2-10,17,19H,11-16H2,1H3,(H2,24,25,29). The molecule has 0 aromatic heterocycles. The van der Waals surface area contributed by atoms with E-state index in [9.17, 15) is 9.59 Å². The summed E-state index contributed by atoms with van der Waals surface area (Å²) < 4.78 is 5.42. The van der Waals surface area contributed by atoms with E-state index in [2.05, 4.69) is 15.5 Å². The molecule has 4 rings (SSSR count). The van der Waals surface area contributed by atoms with Crippen molar-refractivity contribution in [3.05, 3.63) is 60.2 Å². The van der Waals surface area contributed by atoms with Crippen molar-refractivity contribution >= 4 is 23.3 Å². The average Bonchev–Trinajstić information content (AvgIpc) is 3.14. The third-order valence-electron chi connectivity index (χ3n) is 5.75. The molecule has 2 aliphatic rings. The zero-order valence-corrected chi connectivity index (χ0v) is 17.2. The molecule has 0 saturated carbocycles. The predicted molar refractivity (Wildman–Crippen MR) is 117 cm³/mol. The Morgan fingerprint density at radius 2 is 1.77 bits per heavy atom. The van der Waals surface area contributed by atoms with Gasteiger partial charge in [0, 0.05) is 26.1 Å². The summed E-state index contributed by atoms with van der Waals surface area (Å²) in [6.45, 7) is 5.48. The van der Waals surface area contributed by atoms with Gasteiger partial charge in [0.15, 0.2) is 0 Å². The number of ether oxygens (including phenoxy) is 1. The number of likely N-dealkylation sites (tertiary alicyclic amines) is 1. The van der Waals surface area contributed by atoms with Crippen LogP contribution in [0.15, 0.2) is 54.6 Å². The van der Waals surface area contributed by atoms with Gasteiger partial charge >= 0.3 is 6.03 Å². The van der Waals surface area contributed by atoms with Gasteiger partial charge in [-0.15, -0.1) is 0 Å². The van der Waals surface area contributed by atoms with Crippen LogP contribution in [0.1, 0.15) is 24.9 Å². The Balaban J connectivity index is 1.37. The largest absolute Gasteiger partial charge is 0.378 e. The molecule has 0 aliphatic carbocycles. The summed E-state index contributed by atoms with van der Waals surface area (Å²) in [5, 5.41) is 5.93. The number of para-hydroxylation sites is 2. The van der Waals surface area contributed by atoms with E-state index in [0.29, 0.717) is 26.2 Å². The van der Waals surface area contributed by atoms with E-state index >= 15 is 0 Å². The van der Waals surface area contributed by atoms with E-state index in [1.54, 1.807) is 0 Å². The van der Waals surface area contributed by atoms with Crippen molar-refractivity contribution in [2.24, 2.45) is 0 Å². The SMILES string of the molecule is CC(c1ccccc1)N1CC(NC(=O)Nc2ccccc2N2CCOCC2)CC1=O. The van der Waals surface area contributed by atoms with Crippen LogP contribution in [0.5, 0.6) is 0 Å². The van der Waals surface area contributed by atoms with Gasteiger partial charge in [-0.3, -0.25) is 4.79 Å². The number of hydrogen-bond acceptors (Lipinski definition) is 4. The van der Waals surface area contributed by atoms with Gasteiger partial charge in [-0.1, -0.05) is 42.5 Å². The van der Waals surface area contributed by atoms with Gasteiger partial charge in [0.25, 0.3) is 0 Å². The maximum atomic E-state index is 12.7. The summed E-state index contributed by atoms with van der Waals surface area (Å²) in [4.78, 5) is 29.2. The number of rotatable bonds is 5.